The fraction of sp³-hybridized carbons (Fsp3) is 0.414. The molecular weight excluding hydrogens is 565 g/mol. The lowest BCUT2D eigenvalue weighted by Crippen LogP contribution is -2.46. The molecule has 1 atom stereocenters. The molecule has 1 aromatic heterocycles. The molecule has 3 aromatic rings. The van der Waals surface area contributed by atoms with Crippen LogP contribution in [0.3, 0.4) is 0 Å². The Hall–Kier alpha value is -4.03. The lowest BCUT2D eigenvalue weighted by molar-refractivity contribution is -0.137. The largest absolute Gasteiger partial charge is 0.364 e. The molecular formula is C29H33ClFN7O4. The van der Waals surface area contributed by atoms with Gasteiger partial charge in [0.1, 0.15) is 12.4 Å². The number of likely N-dealkylation sites (tertiary alicyclic amines) is 1. The number of rotatable bonds is 10. The Morgan fingerprint density at radius 3 is 2.64 bits per heavy atom. The third-order valence-electron chi connectivity index (χ3n) is 7.63. The van der Waals surface area contributed by atoms with Crippen molar-refractivity contribution in [3.05, 3.63) is 64.1 Å². The van der Waals surface area contributed by atoms with Crippen molar-refractivity contribution in [2.45, 2.75) is 57.3 Å². The first-order valence-electron chi connectivity index (χ1n) is 13.9. The predicted octanol–water partition coefficient (Wildman–Crippen LogP) is 1.73. The summed E-state index contributed by atoms with van der Waals surface area (Å²) in [4.78, 5) is 54.4. The van der Waals surface area contributed by atoms with Gasteiger partial charge in [0.15, 0.2) is 5.69 Å². The minimum atomic E-state index is -0.761. The second-order valence-electron chi connectivity index (χ2n) is 10.9. The third-order valence-corrected chi connectivity index (χ3v) is 7.92. The highest BCUT2D eigenvalue weighted by Crippen LogP contribution is 2.28. The van der Waals surface area contributed by atoms with Crippen LogP contribution in [0, 0.1) is 5.82 Å². The van der Waals surface area contributed by atoms with Gasteiger partial charge in [0.05, 0.1) is 23.5 Å². The number of nitrogens with zero attached hydrogens (tertiary/aromatic N) is 4. The van der Waals surface area contributed by atoms with E-state index < -0.39 is 17.6 Å². The number of aromatic nitrogens is 2. The number of nitrogens with one attached hydrogen (secondary N) is 1. The molecule has 2 fully saturated rings. The molecule has 2 aromatic carbocycles. The lowest BCUT2D eigenvalue weighted by atomic mass is 10.0. The molecule has 1 saturated carbocycles. The van der Waals surface area contributed by atoms with Crippen LogP contribution in [-0.2, 0) is 33.9 Å². The van der Waals surface area contributed by atoms with E-state index in [1.54, 1.807) is 29.2 Å². The van der Waals surface area contributed by atoms with Crippen LogP contribution in [0.5, 0.6) is 0 Å². The molecule has 11 nitrogen and oxygen atoms in total. The van der Waals surface area contributed by atoms with Crippen LogP contribution in [0.4, 0.5) is 4.39 Å². The van der Waals surface area contributed by atoms with Gasteiger partial charge < -0.3 is 26.6 Å². The molecule has 42 heavy (non-hydrogen) atoms. The zero-order valence-corrected chi connectivity index (χ0v) is 23.8. The summed E-state index contributed by atoms with van der Waals surface area (Å²) in [5.74, 6) is -2.22. The summed E-state index contributed by atoms with van der Waals surface area (Å²) in [6.07, 6.45) is 3.40. The van der Waals surface area contributed by atoms with E-state index in [1.165, 1.54) is 21.7 Å². The van der Waals surface area contributed by atoms with Crippen molar-refractivity contribution in [2.75, 3.05) is 19.6 Å². The number of hydrogen-bond donors (Lipinski definition) is 3. The summed E-state index contributed by atoms with van der Waals surface area (Å²) in [6, 6.07) is 9.58. The van der Waals surface area contributed by atoms with E-state index >= 15 is 0 Å². The minimum absolute atomic E-state index is 0.00800. The molecule has 222 valence electrons. The Bertz CT molecular complexity index is 1540. The maximum atomic E-state index is 14.2. The average Bonchev–Trinajstić information content (AvgIpc) is 3.74. The minimum Gasteiger partial charge on any atom is -0.364 e. The smallest absolute Gasteiger partial charge is 0.269 e. The zero-order chi connectivity index (χ0) is 30.0. The van der Waals surface area contributed by atoms with E-state index in [2.05, 4.69) is 10.4 Å². The van der Waals surface area contributed by atoms with Gasteiger partial charge in [0, 0.05) is 42.7 Å². The monoisotopic (exact) mass is 597 g/mol. The predicted molar refractivity (Wildman–Crippen MR) is 154 cm³/mol. The molecule has 4 amide bonds. The van der Waals surface area contributed by atoms with Crippen molar-refractivity contribution in [1.82, 2.24) is 24.9 Å². The fourth-order valence-electron chi connectivity index (χ4n) is 5.28. The number of piperidine rings is 1. The number of carbonyl (C=O) groups is 4. The van der Waals surface area contributed by atoms with Crippen molar-refractivity contribution >= 4 is 46.1 Å². The second-order valence-corrected chi connectivity index (χ2v) is 11.3. The van der Waals surface area contributed by atoms with Crippen LogP contribution in [0.2, 0.25) is 5.02 Å². The van der Waals surface area contributed by atoms with Gasteiger partial charge in [-0.1, -0.05) is 29.8 Å². The van der Waals surface area contributed by atoms with Crippen molar-refractivity contribution < 1.29 is 23.6 Å². The van der Waals surface area contributed by atoms with Crippen LogP contribution in [-0.4, -0.2) is 74.9 Å². The average molecular weight is 598 g/mol. The molecule has 13 heteroatoms. The number of amides is 4. The van der Waals surface area contributed by atoms with Gasteiger partial charge in [0.2, 0.25) is 17.7 Å². The first-order chi connectivity index (χ1) is 20.1. The first kappa shape index (κ1) is 29.5. The maximum Gasteiger partial charge on any atom is 0.269 e. The third kappa shape index (κ3) is 6.71. The van der Waals surface area contributed by atoms with Gasteiger partial charge in [0.25, 0.3) is 5.91 Å². The van der Waals surface area contributed by atoms with Crippen molar-refractivity contribution in [3.8, 4) is 0 Å². The normalized spacial score (nSPS) is 16.8. The summed E-state index contributed by atoms with van der Waals surface area (Å²) in [5.41, 5.74) is 13.0. The Balaban J connectivity index is 1.28. The van der Waals surface area contributed by atoms with E-state index in [1.807, 2.05) is 0 Å². The molecule has 2 heterocycles. The topological polar surface area (TPSA) is 157 Å². The second kappa shape index (κ2) is 12.5. The number of nitrogens with two attached hydrogens (primary N) is 2. The summed E-state index contributed by atoms with van der Waals surface area (Å²) in [6.45, 7) is 0.675. The summed E-state index contributed by atoms with van der Waals surface area (Å²) >= 11 is 5.81. The number of carbonyl (C=O) groups excluding carboxylic acids is 4. The van der Waals surface area contributed by atoms with Crippen molar-refractivity contribution in [1.29, 1.82) is 0 Å². The first-order valence-corrected chi connectivity index (χ1v) is 14.3. The standard InChI is InChI=1S/C29H33ClFN7O4/c30-22-5-1-3-18(27(22)31)13-34-24(39)15-37(20-7-8-20)26(41)16-38-23-9-6-17(11-21(23)28(35-38)29(33)42)12-25(40)36-10-2-4-19(32)14-36/h1,3,5-6,9,11,19-20H,2,4,7-8,10,12-16,32H2,(H2,33,42)(H,34,39)/t19-/m1/s1. The molecule has 1 aliphatic carbocycles. The molecule has 2 aliphatic rings. The van der Waals surface area contributed by atoms with Crippen LogP contribution in [0.15, 0.2) is 36.4 Å². The quantitative estimate of drug-likeness (QED) is 0.323. The molecule has 5 N–H and O–H groups in total. The van der Waals surface area contributed by atoms with E-state index in [0.717, 1.165) is 25.7 Å². The number of benzene rings is 2. The Kier molecular flexibility index (Phi) is 8.74. The molecule has 0 bridgehead atoms. The van der Waals surface area contributed by atoms with E-state index in [9.17, 15) is 23.6 Å². The maximum absolute atomic E-state index is 14.2. The Morgan fingerprint density at radius 2 is 1.93 bits per heavy atom. The highest BCUT2D eigenvalue weighted by Gasteiger charge is 2.34. The summed E-state index contributed by atoms with van der Waals surface area (Å²) < 4.78 is 15.6. The lowest BCUT2D eigenvalue weighted by Gasteiger charge is -2.30. The van der Waals surface area contributed by atoms with Crippen LogP contribution in [0.1, 0.15) is 47.3 Å². The Labute approximate surface area is 246 Å². The number of fused-ring (bicyclic) bond motifs is 1. The van der Waals surface area contributed by atoms with Crippen LogP contribution < -0.4 is 16.8 Å². The highest BCUT2D eigenvalue weighted by atomic mass is 35.5. The fourth-order valence-corrected chi connectivity index (χ4v) is 5.47. The molecule has 1 aliphatic heterocycles. The van der Waals surface area contributed by atoms with E-state index in [0.29, 0.717) is 29.6 Å². The van der Waals surface area contributed by atoms with Crippen LogP contribution >= 0.6 is 11.6 Å². The SMILES string of the molecule is NC(=O)c1nn(CC(=O)N(CC(=O)NCc2cccc(Cl)c2F)C2CC2)c2ccc(CC(=O)N3CCC[C@@H](N)C3)cc12. The van der Waals surface area contributed by atoms with Gasteiger partial charge in [-0.2, -0.15) is 5.10 Å². The van der Waals surface area contributed by atoms with Gasteiger partial charge >= 0.3 is 0 Å². The Morgan fingerprint density at radius 1 is 1.14 bits per heavy atom. The van der Waals surface area contributed by atoms with E-state index in [4.69, 9.17) is 23.1 Å². The van der Waals surface area contributed by atoms with Gasteiger partial charge in [-0.15, -0.1) is 0 Å². The number of hydrogen-bond acceptors (Lipinski definition) is 6. The van der Waals surface area contributed by atoms with Gasteiger partial charge in [-0.3, -0.25) is 23.9 Å². The van der Waals surface area contributed by atoms with Crippen LogP contribution in [0.25, 0.3) is 10.9 Å². The molecule has 0 unspecified atom stereocenters. The number of halogens is 2. The van der Waals surface area contributed by atoms with Gasteiger partial charge in [-0.05, 0) is 49.4 Å². The van der Waals surface area contributed by atoms with Gasteiger partial charge in [-0.25, -0.2) is 4.39 Å². The highest BCUT2D eigenvalue weighted by molar-refractivity contribution is 6.30. The zero-order valence-electron chi connectivity index (χ0n) is 23.0. The number of primary amides is 1. The summed E-state index contributed by atoms with van der Waals surface area (Å²) in [7, 11) is 0. The molecule has 0 spiro atoms. The molecule has 5 rings (SSSR count). The van der Waals surface area contributed by atoms with Crippen molar-refractivity contribution in [3.63, 3.8) is 0 Å². The molecule has 1 saturated heterocycles. The summed E-state index contributed by atoms with van der Waals surface area (Å²) in [5, 5.41) is 7.36. The van der Waals surface area contributed by atoms with E-state index in [-0.39, 0.29) is 66.2 Å². The van der Waals surface area contributed by atoms with Crippen molar-refractivity contribution in [2.24, 2.45) is 11.5 Å². The molecule has 0 radical (unpaired) electrons.